The van der Waals surface area contributed by atoms with Crippen molar-refractivity contribution < 1.29 is 27.9 Å². The molecule has 1 aliphatic carbocycles. The highest BCUT2D eigenvalue weighted by atomic mass is 19.4. The van der Waals surface area contributed by atoms with Crippen LogP contribution in [0.15, 0.2) is 67.3 Å². The van der Waals surface area contributed by atoms with E-state index in [1.807, 2.05) is 24.3 Å². The predicted octanol–water partition coefficient (Wildman–Crippen LogP) is 3.91. The minimum Gasteiger partial charge on any atom is -0.385 e. The van der Waals surface area contributed by atoms with Gasteiger partial charge >= 0.3 is 6.18 Å². The number of carbonyl (C=O) groups is 2. The molecule has 0 radical (unpaired) electrons. The molecule has 3 N–H and O–H groups in total. The molecule has 1 atom stereocenters. The van der Waals surface area contributed by atoms with Gasteiger partial charge in [0.05, 0.1) is 17.7 Å². The number of aliphatic hydroxyl groups is 1. The van der Waals surface area contributed by atoms with Crippen molar-refractivity contribution in [2.75, 3.05) is 19.6 Å². The van der Waals surface area contributed by atoms with Gasteiger partial charge in [0.1, 0.15) is 6.33 Å². The molecule has 2 heterocycles. The van der Waals surface area contributed by atoms with E-state index in [0.717, 1.165) is 60.7 Å². The summed E-state index contributed by atoms with van der Waals surface area (Å²) in [6, 6.07) is 12.1. The van der Waals surface area contributed by atoms with Gasteiger partial charge in [0.15, 0.2) is 0 Å². The lowest BCUT2D eigenvalue weighted by atomic mass is 9.75. The Kier molecular flexibility index (Phi) is 8.37. The molecule has 1 aromatic heterocycles. The van der Waals surface area contributed by atoms with E-state index in [4.69, 9.17) is 0 Å². The lowest BCUT2D eigenvalue weighted by Gasteiger charge is -2.40. The number of hydrogen-bond donors (Lipinski definition) is 3. The number of nitrogens with zero attached hydrogens (tertiary/aromatic N) is 3. The number of halogens is 3. The Bertz CT molecular complexity index is 1380. The Hall–Kier alpha value is -3.83. The van der Waals surface area contributed by atoms with Crippen LogP contribution < -0.4 is 10.6 Å². The summed E-state index contributed by atoms with van der Waals surface area (Å²) in [5.74, 6) is -1.13. The number of benzene rings is 2. The highest BCUT2D eigenvalue weighted by Crippen LogP contribution is 2.42. The number of alkyl halides is 3. The highest BCUT2D eigenvalue weighted by Gasteiger charge is 2.39. The number of likely N-dealkylation sites (tertiary alicyclic amines) is 1. The quantitative estimate of drug-likeness (QED) is 0.400. The third kappa shape index (κ3) is 6.74. The summed E-state index contributed by atoms with van der Waals surface area (Å²) in [6.45, 7) is 1.14. The molecule has 1 aliphatic heterocycles. The Morgan fingerprint density at radius 3 is 2.49 bits per heavy atom. The smallest absolute Gasteiger partial charge is 0.385 e. The summed E-state index contributed by atoms with van der Waals surface area (Å²) in [4.78, 5) is 35.3. The molecule has 41 heavy (non-hydrogen) atoms. The first kappa shape index (κ1) is 28.7. The van der Waals surface area contributed by atoms with Crippen molar-refractivity contribution in [2.24, 2.45) is 0 Å². The zero-order chi connectivity index (χ0) is 29.0. The predicted molar refractivity (Wildman–Crippen MR) is 146 cm³/mol. The molecule has 8 nitrogen and oxygen atoms in total. The largest absolute Gasteiger partial charge is 0.416 e. The Morgan fingerprint density at radius 2 is 1.76 bits per heavy atom. The van der Waals surface area contributed by atoms with Crippen molar-refractivity contribution in [2.45, 2.75) is 56.0 Å². The second-order valence-corrected chi connectivity index (χ2v) is 10.7. The van der Waals surface area contributed by atoms with E-state index < -0.39 is 29.2 Å². The average Bonchev–Trinajstić information content (AvgIpc) is 3.44. The van der Waals surface area contributed by atoms with Crippen LogP contribution >= 0.6 is 0 Å². The van der Waals surface area contributed by atoms with Gasteiger partial charge in [-0.15, -0.1) is 0 Å². The van der Waals surface area contributed by atoms with Crippen LogP contribution in [0.5, 0.6) is 0 Å². The third-order valence-corrected chi connectivity index (χ3v) is 8.05. The van der Waals surface area contributed by atoms with Crippen LogP contribution in [0.2, 0.25) is 0 Å². The number of nitrogens with one attached hydrogen (secondary N) is 2. The van der Waals surface area contributed by atoms with Crippen molar-refractivity contribution >= 4 is 11.8 Å². The van der Waals surface area contributed by atoms with E-state index in [2.05, 4.69) is 25.5 Å². The molecule has 2 amide bonds. The summed E-state index contributed by atoms with van der Waals surface area (Å²) in [5.41, 5.74) is 0.648. The minimum absolute atomic E-state index is 0.0902. The molecule has 3 aromatic rings. The van der Waals surface area contributed by atoms with Gasteiger partial charge < -0.3 is 15.7 Å². The summed E-state index contributed by atoms with van der Waals surface area (Å²) in [6.07, 6.45) is 4.01. The molecule has 2 aliphatic rings. The molecule has 0 unspecified atom stereocenters. The van der Waals surface area contributed by atoms with Gasteiger partial charge in [0.25, 0.3) is 5.91 Å². The summed E-state index contributed by atoms with van der Waals surface area (Å²) in [7, 11) is 0. The van der Waals surface area contributed by atoms with Crippen LogP contribution in [-0.2, 0) is 16.6 Å². The zero-order valence-corrected chi connectivity index (χ0v) is 22.4. The van der Waals surface area contributed by atoms with Gasteiger partial charge in [0, 0.05) is 48.7 Å². The maximum atomic E-state index is 12.9. The Labute approximate surface area is 236 Å². The Morgan fingerprint density at radius 1 is 1.02 bits per heavy atom. The van der Waals surface area contributed by atoms with Crippen molar-refractivity contribution in [3.8, 4) is 11.1 Å². The van der Waals surface area contributed by atoms with Crippen LogP contribution in [-0.4, -0.2) is 63.5 Å². The number of aromatic nitrogens is 2. The van der Waals surface area contributed by atoms with Crippen molar-refractivity contribution in [1.29, 1.82) is 0 Å². The highest BCUT2D eigenvalue weighted by molar-refractivity contribution is 5.96. The zero-order valence-electron chi connectivity index (χ0n) is 22.4. The van der Waals surface area contributed by atoms with Crippen LogP contribution in [0.3, 0.4) is 0 Å². The fourth-order valence-electron chi connectivity index (χ4n) is 5.91. The van der Waals surface area contributed by atoms with Gasteiger partial charge in [-0.25, -0.2) is 9.97 Å². The fraction of sp³-hybridized carbons (Fsp3) is 0.400. The fourth-order valence-corrected chi connectivity index (χ4v) is 5.91. The molecule has 2 fully saturated rings. The van der Waals surface area contributed by atoms with E-state index in [9.17, 15) is 27.9 Å². The lowest BCUT2D eigenvalue weighted by molar-refractivity contribution is -0.137. The van der Waals surface area contributed by atoms with E-state index >= 15 is 0 Å². The van der Waals surface area contributed by atoms with Crippen molar-refractivity contribution in [3.05, 3.63) is 83.9 Å². The molecule has 216 valence electrons. The summed E-state index contributed by atoms with van der Waals surface area (Å²) < 4.78 is 38.8. The standard InChI is InChI=1S/C30H32F3N5O3/c31-30(32,33)22-5-3-4-20(14-22)28(40)36-17-27(39)37-23-10-13-38(18-23)24-8-11-29(41,12-9-24)26-7-2-1-6-25(26)21-15-34-19-35-16-21/h1-7,14-16,19,23-24,41H,8-13,17-18H2,(H,36,40)(H,37,39)/t23-,24?,29?/m1/s1. The van der Waals surface area contributed by atoms with E-state index in [1.54, 1.807) is 12.4 Å². The molecule has 1 saturated heterocycles. The second kappa shape index (κ2) is 12.0. The molecule has 0 spiro atoms. The van der Waals surface area contributed by atoms with Crippen molar-refractivity contribution in [1.82, 2.24) is 25.5 Å². The molecular weight excluding hydrogens is 535 g/mol. The van der Waals surface area contributed by atoms with E-state index in [1.165, 1.54) is 12.4 Å². The monoisotopic (exact) mass is 567 g/mol. The van der Waals surface area contributed by atoms with Gasteiger partial charge in [-0.2, -0.15) is 13.2 Å². The van der Waals surface area contributed by atoms with E-state index in [-0.39, 0.29) is 24.2 Å². The summed E-state index contributed by atoms with van der Waals surface area (Å²) >= 11 is 0. The van der Waals surface area contributed by atoms with Gasteiger partial charge in [0.2, 0.25) is 5.91 Å². The number of carbonyl (C=O) groups excluding carboxylic acids is 2. The number of hydrogen-bond acceptors (Lipinski definition) is 6. The normalized spacial score (nSPS) is 23.2. The maximum absolute atomic E-state index is 12.9. The molecule has 2 aromatic carbocycles. The average molecular weight is 568 g/mol. The van der Waals surface area contributed by atoms with Crippen LogP contribution in [0.25, 0.3) is 11.1 Å². The Balaban J connectivity index is 1.10. The first-order chi connectivity index (χ1) is 19.6. The molecule has 0 bridgehead atoms. The number of rotatable bonds is 7. The molecule has 1 saturated carbocycles. The SMILES string of the molecule is O=C(CNC(=O)c1cccc(C(F)(F)F)c1)N[C@@H]1CCN(C2CCC(O)(c3ccccc3-c3cncnc3)CC2)C1. The molecule has 11 heteroatoms. The maximum Gasteiger partial charge on any atom is 0.416 e. The van der Waals surface area contributed by atoms with Crippen molar-refractivity contribution in [3.63, 3.8) is 0 Å². The molecule has 5 rings (SSSR count). The summed E-state index contributed by atoms with van der Waals surface area (Å²) in [5, 5.41) is 17.0. The van der Waals surface area contributed by atoms with Crippen LogP contribution in [0.4, 0.5) is 13.2 Å². The minimum atomic E-state index is -4.55. The van der Waals surface area contributed by atoms with Crippen LogP contribution in [0.1, 0.15) is 53.6 Å². The van der Waals surface area contributed by atoms with Crippen LogP contribution in [0, 0.1) is 0 Å². The van der Waals surface area contributed by atoms with Gasteiger partial charge in [-0.05, 0) is 61.4 Å². The lowest BCUT2D eigenvalue weighted by Crippen LogP contribution is -2.45. The first-order valence-electron chi connectivity index (χ1n) is 13.7. The number of amides is 2. The molecular formula is C30H32F3N5O3. The third-order valence-electron chi connectivity index (χ3n) is 8.05. The van der Waals surface area contributed by atoms with Gasteiger partial charge in [-0.1, -0.05) is 30.3 Å². The topological polar surface area (TPSA) is 107 Å². The second-order valence-electron chi connectivity index (χ2n) is 10.7. The first-order valence-corrected chi connectivity index (χ1v) is 13.7. The van der Waals surface area contributed by atoms with E-state index in [0.29, 0.717) is 19.4 Å². The van der Waals surface area contributed by atoms with Gasteiger partial charge in [-0.3, -0.25) is 14.5 Å².